The van der Waals surface area contributed by atoms with E-state index in [2.05, 4.69) is 31.1 Å². The van der Waals surface area contributed by atoms with Gasteiger partial charge in [0.05, 0.1) is 10.0 Å². The molecule has 0 saturated carbocycles. The van der Waals surface area contributed by atoms with Gasteiger partial charge in [0.15, 0.2) is 11.4 Å². The minimum Gasteiger partial charge on any atom is -0.510 e. The lowest BCUT2D eigenvalue weighted by Gasteiger charge is -2.08. The Balaban J connectivity index is 1.48. The summed E-state index contributed by atoms with van der Waals surface area (Å²) in [4.78, 5) is 25.2. The van der Waals surface area contributed by atoms with Crippen LogP contribution < -0.4 is 10.6 Å². The van der Waals surface area contributed by atoms with E-state index in [1.807, 2.05) is 12.1 Å². The van der Waals surface area contributed by atoms with Gasteiger partial charge in [-0.2, -0.15) is 0 Å². The molecule has 0 spiro atoms. The Labute approximate surface area is 263 Å². The Hall–Kier alpha value is -5.32. The number of azo groups is 2. The largest absolute Gasteiger partial charge is 0.510 e. The standard InChI is InChI=1S/C32H26Cl2N6O4/c1-19(41)29(31(43)35-23-9-5-3-6-10-23)39-37-27-15-13-21(17-25(27)33)22-14-16-28(26(34)18-22)38-40-30(20(2)42)32(44)36-24-11-7-4-8-12-24/h3-18,41-42H,1-2H3,(H,35,43)(H,36,44)/b29-19+,30-20+,39-37-,40-38?. The zero-order chi connectivity index (χ0) is 31.6. The van der Waals surface area contributed by atoms with Crippen LogP contribution in [0.1, 0.15) is 13.8 Å². The topological polar surface area (TPSA) is 148 Å². The lowest BCUT2D eigenvalue weighted by Crippen LogP contribution is -2.14. The zero-order valence-electron chi connectivity index (χ0n) is 23.5. The number of anilines is 2. The minimum atomic E-state index is -0.631. The number of aliphatic hydroxyl groups excluding tert-OH is 2. The van der Waals surface area contributed by atoms with Crippen LogP contribution >= 0.6 is 23.2 Å². The maximum Gasteiger partial charge on any atom is 0.279 e. The number of benzene rings is 4. The van der Waals surface area contributed by atoms with E-state index in [1.165, 1.54) is 13.8 Å². The van der Waals surface area contributed by atoms with E-state index >= 15 is 0 Å². The summed E-state index contributed by atoms with van der Waals surface area (Å²) in [6, 6.07) is 27.4. The fraction of sp³-hybridized carbons (Fsp3) is 0.0625. The van der Waals surface area contributed by atoms with Crippen molar-refractivity contribution in [3.8, 4) is 11.1 Å². The van der Waals surface area contributed by atoms with Crippen molar-refractivity contribution in [2.24, 2.45) is 20.5 Å². The molecular formula is C32H26Cl2N6O4. The van der Waals surface area contributed by atoms with Gasteiger partial charge in [-0.3, -0.25) is 9.59 Å². The monoisotopic (exact) mass is 628 g/mol. The van der Waals surface area contributed by atoms with E-state index < -0.39 is 11.8 Å². The minimum absolute atomic E-state index is 0.238. The van der Waals surface area contributed by atoms with E-state index in [0.29, 0.717) is 22.5 Å². The molecule has 0 heterocycles. The normalized spacial score (nSPS) is 12.5. The van der Waals surface area contributed by atoms with Crippen LogP contribution in [0.5, 0.6) is 0 Å². The van der Waals surface area contributed by atoms with Gasteiger partial charge in [-0.05, 0) is 73.5 Å². The van der Waals surface area contributed by atoms with Crippen LogP contribution in [0.25, 0.3) is 11.1 Å². The van der Waals surface area contributed by atoms with E-state index in [0.717, 1.165) is 0 Å². The molecule has 2 amide bonds. The van der Waals surface area contributed by atoms with Gasteiger partial charge < -0.3 is 20.8 Å². The summed E-state index contributed by atoms with van der Waals surface area (Å²) in [5, 5.41) is 41.7. The molecule has 0 aromatic heterocycles. The van der Waals surface area contributed by atoms with Gasteiger partial charge >= 0.3 is 0 Å². The highest BCUT2D eigenvalue weighted by atomic mass is 35.5. The van der Waals surface area contributed by atoms with Crippen LogP contribution in [0.4, 0.5) is 22.7 Å². The summed E-state index contributed by atoms with van der Waals surface area (Å²) < 4.78 is 0. The fourth-order valence-corrected chi connectivity index (χ4v) is 4.17. The molecule has 0 aliphatic carbocycles. The van der Waals surface area contributed by atoms with Gasteiger partial charge in [0.25, 0.3) is 11.8 Å². The number of amides is 2. The van der Waals surface area contributed by atoms with Crippen molar-refractivity contribution in [3.63, 3.8) is 0 Å². The van der Waals surface area contributed by atoms with Crippen molar-refractivity contribution in [2.45, 2.75) is 13.8 Å². The predicted molar refractivity (Wildman–Crippen MR) is 172 cm³/mol. The number of carbonyl (C=O) groups is 2. The molecule has 10 nitrogen and oxygen atoms in total. The zero-order valence-corrected chi connectivity index (χ0v) is 25.0. The first-order valence-electron chi connectivity index (χ1n) is 13.1. The second-order valence-corrected chi connectivity index (χ2v) is 10.1. The van der Waals surface area contributed by atoms with Crippen LogP contribution in [0, 0.1) is 0 Å². The number of carbonyl (C=O) groups excluding carboxylic acids is 2. The molecule has 0 fully saturated rings. The number of aliphatic hydroxyl groups is 2. The molecule has 4 N–H and O–H groups in total. The highest BCUT2D eigenvalue weighted by molar-refractivity contribution is 6.34. The molecule has 222 valence electrons. The molecule has 0 aliphatic heterocycles. The average molecular weight is 630 g/mol. The van der Waals surface area contributed by atoms with Crippen LogP contribution in [-0.2, 0) is 9.59 Å². The maximum absolute atomic E-state index is 12.6. The summed E-state index contributed by atoms with van der Waals surface area (Å²) in [6.45, 7) is 2.66. The lowest BCUT2D eigenvalue weighted by atomic mass is 10.1. The van der Waals surface area contributed by atoms with Crippen LogP contribution in [0.15, 0.2) is 140 Å². The van der Waals surface area contributed by atoms with Crippen molar-refractivity contribution < 1.29 is 19.8 Å². The third-order valence-corrected chi connectivity index (χ3v) is 6.53. The molecular weight excluding hydrogens is 603 g/mol. The predicted octanol–water partition coefficient (Wildman–Crippen LogP) is 9.68. The summed E-state index contributed by atoms with van der Waals surface area (Å²) in [5.41, 5.74) is 2.47. The van der Waals surface area contributed by atoms with Crippen molar-refractivity contribution in [2.75, 3.05) is 10.6 Å². The molecule has 0 aliphatic rings. The number of para-hydroxylation sites is 2. The number of halogens is 2. The van der Waals surface area contributed by atoms with E-state index in [4.69, 9.17) is 23.2 Å². The third kappa shape index (κ3) is 8.37. The number of hydrogen-bond acceptors (Lipinski definition) is 8. The number of allylic oxidation sites excluding steroid dienone is 2. The van der Waals surface area contributed by atoms with Gasteiger partial charge in [0.1, 0.15) is 22.9 Å². The fourth-order valence-electron chi connectivity index (χ4n) is 3.73. The average Bonchev–Trinajstić information content (AvgIpc) is 2.99. The summed E-state index contributed by atoms with van der Waals surface area (Å²) >= 11 is 12.9. The summed E-state index contributed by atoms with van der Waals surface area (Å²) in [5.74, 6) is -1.88. The molecule has 4 aromatic carbocycles. The first kappa shape index (κ1) is 31.6. The van der Waals surface area contributed by atoms with E-state index in [1.54, 1.807) is 84.9 Å². The van der Waals surface area contributed by atoms with Crippen molar-refractivity contribution in [1.29, 1.82) is 0 Å². The Morgan fingerprint density at radius 1 is 0.591 bits per heavy atom. The smallest absolute Gasteiger partial charge is 0.279 e. The van der Waals surface area contributed by atoms with Crippen LogP contribution in [0.2, 0.25) is 10.0 Å². The molecule has 4 aromatic rings. The molecule has 0 radical (unpaired) electrons. The Bertz CT molecular complexity index is 1670. The number of nitrogens with one attached hydrogen (secondary N) is 2. The SMILES string of the molecule is C/C(O)=C(\N=Nc1ccc(-c2ccc(/N=N\C(C(=O)Nc3ccccc3)=C(/C)O)c(Cl)c2)cc1Cl)C(=O)Nc1ccccc1. The number of nitrogens with zero attached hydrogens (tertiary/aromatic N) is 4. The molecule has 0 atom stereocenters. The van der Waals surface area contributed by atoms with E-state index in [-0.39, 0.29) is 44.3 Å². The molecule has 0 bridgehead atoms. The number of rotatable bonds is 9. The molecule has 4 rings (SSSR count). The van der Waals surface area contributed by atoms with Crippen LogP contribution in [-0.4, -0.2) is 22.0 Å². The molecule has 12 heteroatoms. The van der Waals surface area contributed by atoms with Crippen molar-refractivity contribution in [1.82, 2.24) is 0 Å². The molecule has 44 heavy (non-hydrogen) atoms. The van der Waals surface area contributed by atoms with Crippen molar-refractivity contribution in [3.05, 3.63) is 130 Å². The molecule has 0 saturated heterocycles. The maximum atomic E-state index is 12.6. The van der Waals surface area contributed by atoms with Gasteiger partial charge in [-0.15, -0.1) is 20.5 Å². The quantitative estimate of drug-likeness (QED) is 0.0828. The Morgan fingerprint density at radius 3 is 1.27 bits per heavy atom. The lowest BCUT2D eigenvalue weighted by molar-refractivity contribution is -0.113. The second kappa shape index (κ2) is 14.7. The number of hydrogen-bond donors (Lipinski definition) is 4. The van der Waals surface area contributed by atoms with Gasteiger partial charge in [0.2, 0.25) is 0 Å². The highest BCUT2D eigenvalue weighted by Crippen LogP contribution is 2.35. The van der Waals surface area contributed by atoms with Crippen molar-refractivity contribution >= 4 is 57.8 Å². The first-order valence-corrected chi connectivity index (χ1v) is 13.8. The highest BCUT2D eigenvalue weighted by Gasteiger charge is 2.15. The summed E-state index contributed by atoms with van der Waals surface area (Å²) in [7, 11) is 0. The van der Waals surface area contributed by atoms with Gasteiger partial charge in [-0.1, -0.05) is 71.7 Å². The second-order valence-electron chi connectivity index (χ2n) is 9.24. The third-order valence-electron chi connectivity index (χ3n) is 5.92. The van der Waals surface area contributed by atoms with Gasteiger partial charge in [-0.25, -0.2) is 0 Å². The first-order chi connectivity index (χ1) is 21.1. The molecule has 0 unspecified atom stereocenters. The van der Waals surface area contributed by atoms with E-state index in [9.17, 15) is 19.8 Å². The summed E-state index contributed by atoms with van der Waals surface area (Å²) in [6.07, 6.45) is 0. The Morgan fingerprint density at radius 2 is 0.955 bits per heavy atom. The Kier molecular flexibility index (Phi) is 10.6. The van der Waals surface area contributed by atoms with Crippen LogP contribution in [0.3, 0.4) is 0 Å². The van der Waals surface area contributed by atoms with Gasteiger partial charge in [0, 0.05) is 11.4 Å².